The van der Waals surface area contributed by atoms with Gasteiger partial charge in [-0.05, 0) is 24.3 Å². The number of hydrogen-bond donors (Lipinski definition) is 4. The summed E-state index contributed by atoms with van der Waals surface area (Å²) in [6.07, 6.45) is 0.345. The van der Waals surface area contributed by atoms with Crippen molar-refractivity contribution >= 4 is 23.6 Å². The lowest BCUT2D eigenvalue weighted by molar-refractivity contribution is -0.143. The number of carboxylic acid groups (broad SMARTS) is 1. The highest BCUT2D eigenvalue weighted by Crippen LogP contribution is 2.30. The van der Waals surface area contributed by atoms with Crippen LogP contribution in [0.2, 0.25) is 0 Å². The van der Waals surface area contributed by atoms with E-state index in [1.807, 2.05) is 0 Å². The van der Waals surface area contributed by atoms with Gasteiger partial charge in [0.15, 0.2) is 0 Å². The van der Waals surface area contributed by atoms with Crippen molar-refractivity contribution in [1.82, 2.24) is 5.32 Å². The molecule has 1 atom stereocenters. The van der Waals surface area contributed by atoms with Crippen molar-refractivity contribution in [2.45, 2.75) is 12.0 Å². The van der Waals surface area contributed by atoms with Crippen LogP contribution in [-0.4, -0.2) is 44.2 Å². The zero-order valence-corrected chi connectivity index (χ0v) is 10.7. The Labute approximate surface area is 113 Å². The van der Waals surface area contributed by atoms with Crippen molar-refractivity contribution in [3.63, 3.8) is 0 Å². The number of aliphatic carboxylic acids is 1. The molecule has 1 heterocycles. The fraction of sp³-hybridized carbons (Fsp3) is 0.333. The Balaban J connectivity index is 2.22. The highest BCUT2D eigenvalue weighted by atomic mass is 32.2. The summed E-state index contributed by atoms with van der Waals surface area (Å²) in [4.78, 5) is 23.3. The molecular weight excluding hydrogens is 270 g/mol. The van der Waals surface area contributed by atoms with Crippen molar-refractivity contribution in [2.24, 2.45) is 0 Å². The molecule has 0 saturated carbocycles. The maximum absolute atomic E-state index is 12.0. The minimum absolute atomic E-state index is 0.0599. The fourth-order valence-electron chi connectivity index (χ4n) is 1.88. The second-order valence-corrected chi connectivity index (χ2v) is 5.45. The SMILES string of the molecule is O=C(NC1(C(=O)O)CCSC1)c1ccc(O)cc1O. The quantitative estimate of drug-likeness (QED) is 0.653. The molecular formula is C12H13NO5S. The second kappa shape index (κ2) is 5.00. The molecule has 0 aromatic heterocycles. The van der Waals surface area contributed by atoms with Crippen molar-refractivity contribution in [3.8, 4) is 11.5 Å². The maximum Gasteiger partial charge on any atom is 0.330 e. The first kappa shape index (κ1) is 13.5. The highest BCUT2D eigenvalue weighted by molar-refractivity contribution is 7.99. The van der Waals surface area contributed by atoms with Gasteiger partial charge >= 0.3 is 5.97 Å². The van der Waals surface area contributed by atoms with Gasteiger partial charge in [0.1, 0.15) is 17.0 Å². The van der Waals surface area contributed by atoms with Crippen LogP contribution < -0.4 is 5.32 Å². The Morgan fingerprint density at radius 3 is 2.58 bits per heavy atom. The third-order valence-electron chi connectivity index (χ3n) is 3.01. The van der Waals surface area contributed by atoms with E-state index in [1.165, 1.54) is 23.9 Å². The van der Waals surface area contributed by atoms with E-state index < -0.39 is 17.4 Å². The van der Waals surface area contributed by atoms with Gasteiger partial charge in [-0.2, -0.15) is 11.8 Å². The summed E-state index contributed by atoms with van der Waals surface area (Å²) in [5, 5.41) is 30.4. The second-order valence-electron chi connectivity index (χ2n) is 4.35. The molecule has 0 radical (unpaired) electrons. The lowest BCUT2D eigenvalue weighted by Crippen LogP contribution is -2.54. The summed E-state index contributed by atoms with van der Waals surface area (Å²) >= 11 is 1.46. The zero-order chi connectivity index (χ0) is 14.0. The number of rotatable bonds is 3. The van der Waals surface area contributed by atoms with E-state index in [1.54, 1.807) is 0 Å². The minimum Gasteiger partial charge on any atom is -0.508 e. The minimum atomic E-state index is -1.29. The van der Waals surface area contributed by atoms with Crippen LogP contribution in [0.3, 0.4) is 0 Å². The molecule has 1 aliphatic rings. The zero-order valence-electron chi connectivity index (χ0n) is 9.92. The van der Waals surface area contributed by atoms with Crippen LogP contribution in [0.4, 0.5) is 0 Å². The van der Waals surface area contributed by atoms with Crippen LogP contribution in [0.15, 0.2) is 18.2 Å². The fourth-order valence-corrected chi connectivity index (χ4v) is 3.21. The third kappa shape index (κ3) is 2.60. The summed E-state index contributed by atoms with van der Waals surface area (Å²) in [6, 6.07) is 3.54. The Morgan fingerprint density at radius 2 is 2.05 bits per heavy atom. The molecule has 6 nitrogen and oxygen atoms in total. The topological polar surface area (TPSA) is 107 Å². The summed E-state index contributed by atoms with van der Waals surface area (Å²) in [6.45, 7) is 0. The average molecular weight is 283 g/mol. The van der Waals surface area contributed by atoms with E-state index in [0.717, 1.165) is 6.07 Å². The molecule has 19 heavy (non-hydrogen) atoms. The number of carbonyl (C=O) groups excluding carboxylic acids is 1. The number of thioether (sulfide) groups is 1. The van der Waals surface area contributed by atoms with Gasteiger partial charge in [-0.25, -0.2) is 4.79 Å². The number of nitrogens with one attached hydrogen (secondary N) is 1. The smallest absolute Gasteiger partial charge is 0.330 e. The van der Waals surface area contributed by atoms with E-state index in [9.17, 15) is 19.8 Å². The van der Waals surface area contributed by atoms with Gasteiger partial charge in [-0.1, -0.05) is 0 Å². The molecule has 0 bridgehead atoms. The van der Waals surface area contributed by atoms with E-state index in [4.69, 9.17) is 5.11 Å². The van der Waals surface area contributed by atoms with Gasteiger partial charge in [0.25, 0.3) is 5.91 Å². The van der Waals surface area contributed by atoms with Crippen molar-refractivity contribution in [3.05, 3.63) is 23.8 Å². The lowest BCUT2D eigenvalue weighted by Gasteiger charge is -2.24. The van der Waals surface area contributed by atoms with Crippen LogP contribution in [0.1, 0.15) is 16.8 Å². The molecule has 4 N–H and O–H groups in total. The number of carboxylic acids is 1. The highest BCUT2D eigenvalue weighted by Gasteiger charge is 2.43. The number of aromatic hydroxyl groups is 2. The molecule has 0 aliphatic carbocycles. The lowest BCUT2D eigenvalue weighted by atomic mass is 9.98. The first-order valence-corrected chi connectivity index (χ1v) is 6.76. The van der Waals surface area contributed by atoms with Crippen LogP contribution in [0.25, 0.3) is 0 Å². The summed E-state index contributed by atoms with van der Waals surface area (Å²) in [7, 11) is 0. The number of phenolic OH excluding ortho intramolecular Hbond substituents is 2. The van der Waals surface area contributed by atoms with Crippen molar-refractivity contribution < 1.29 is 24.9 Å². The molecule has 1 unspecified atom stereocenters. The van der Waals surface area contributed by atoms with E-state index >= 15 is 0 Å². The van der Waals surface area contributed by atoms with Gasteiger partial charge in [0.05, 0.1) is 5.56 Å². The summed E-state index contributed by atoms with van der Waals surface area (Å²) < 4.78 is 0. The monoisotopic (exact) mass is 283 g/mol. The Morgan fingerprint density at radius 1 is 1.32 bits per heavy atom. The molecule has 1 saturated heterocycles. The molecule has 7 heteroatoms. The van der Waals surface area contributed by atoms with E-state index in [-0.39, 0.29) is 17.1 Å². The molecule has 1 aliphatic heterocycles. The van der Waals surface area contributed by atoms with Gasteiger partial charge in [0.2, 0.25) is 0 Å². The van der Waals surface area contributed by atoms with Crippen LogP contribution >= 0.6 is 11.8 Å². The van der Waals surface area contributed by atoms with Crippen molar-refractivity contribution in [2.75, 3.05) is 11.5 Å². The standard InChI is InChI=1S/C12H13NO5S/c14-7-1-2-8(9(15)5-7)10(16)13-12(11(17)18)3-4-19-6-12/h1-2,5,14-15H,3-4,6H2,(H,13,16)(H,17,18). The third-order valence-corrected chi connectivity index (χ3v) is 4.20. The van der Waals surface area contributed by atoms with Gasteiger partial charge in [0, 0.05) is 11.8 Å². The predicted molar refractivity (Wildman–Crippen MR) is 69.5 cm³/mol. The van der Waals surface area contributed by atoms with E-state index in [2.05, 4.69) is 5.32 Å². The predicted octanol–water partition coefficient (Wildman–Crippen LogP) is 0.788. The van der Waals surface area contributed by atoms with E-state index in [0.29, 0.717) is 17.9 Å². The Bertz CT molecular complexity index is 525. The molecule has 1 fully saturated rings. The largest absolute Gasteiger partial charge is 0.508 e. The molecule has 1 aromatic rings. The molecule has 1 amide bonds. The van der Waals surface area contributed by atoms with Crippen LogP contribution in [-0.2, 0) is 4.79 Å². The first-order chi connectivity index (χ1) is 8.94. The molecule has 0 spiro atoms. The first-order valence-electron chi connectivity index (χ1n) is 5.60. The number of carbonyl (C=O) groups is 2. The van der Waals surface area contributed by atoms with Crippen molar-refractivity contribution in [1.29, 1.82) is 0 Å². The number of phenols is 2. The number of amides is 1. The van der Waals surface area contributed by atoms with Gasteiger partial charge in [-0.3, -0.25) is 4.79 Å². The maximum atomic E-state index is 12.0. The van der Waals surface area contributed by atoms with Gasteiger partial charge in [-0.15, -0.1) is 0 Å². The Hall–Kier alpha value is -1.89. The number of hydrogen-bond acceptors (Lipinski definition) is 5. The van der Waals surface area contributed by atoms with Gasteiger partial charge < -0.3 is 20.6 Å². The normalized spacial score (nSPS) is 22.1. The molecule has 2 rings (SSSR count). The number of benzene rings is 1. The summed E-state index contributed by atoms with van der Waals surface area (Å²) in [5.74, 6) is -1.34. The van der Waals surface area contributed by atoms with Crippen LogP contribution in [0.5, 0.6) is 11.5 Å². The molecule has 1 aromatic carbocycles. The van der Waals surface area contributed by atoms with Crippen LogP contribution in [0, 0.1) is 0 Å². The average Bonchev–Trinajstić information content (AvgIpc) is 2.78. The summed E-state index contributed by atoms with van der Waals surface area (Å²) in [5.41, 5.74) is -1.35. The Kier molecular flexibility index (Phi) is 3.57. The molecule has 102 valence electrons.